The minimum Gasteiger partial charge on any atom is -0.444 e. The van der Waals surface area contributed by atoms with Crippen LogP contribution < -0.4 is 10.6 Å². The van der Waals surface area contributed by atoms with E-state index < -0.39 is 17.7 Å². The highest BCUT2D eigenvalue weighted by Gasteiger charge is 2.31. The van der Waals surface area contributed by atoms with E-state index in [1.54, 1.807) is 20.8 Å². The zero-order valence-corrected chi connectivity index (χ0v) is 19.0. The van der Waals surface area contributed by atoms with Crippen LogP contribution in [0.2, 0.25) is 0 Å². The van der Waals surface area contributed by atoms with Crippen LogP contribution in [0.4, 0.5) is 4.79 Å². The summed E-state index contributed by atoms with van der Waals surface area (Å²) in [4.78, 5) is 39.5. The van der Waals surface area contributed by atoms with E-state index in [-0.39, 0.29) is 18.4 Å². The van der Waals surface area contributed by atoms with Gasteiger partial charge in [0.1, 0.15) is 18.2 Å². The third-order valence-electron chi connectivity index (χ3n) is 4.32. The number of alkyl carbamates (subject to hydrolysis) is 1. The van der Waals surface area contributed by atoms with Gasteiger partial charge in [0.05, 0.1) is 0 Å². The maximum absolute atomic E-state index is 13.0. The van der Waals surface area contributed by atoms with Gasteiger partial charge in [-0.2, -0.15) is 0 Å². The first kappa shape index (κ1) is 25.5. The van der Waals surface area contributed by atoms with Gasteiger partial charge in [0.15, 0.2) is 0 Å². The second-order valence-corrected chi connectivity index (χ2v) is 8.25. The van der Waals surface area contributed by atoms with Gasteiger partial charge in [-0.05, 0) is 39.2 Å². The molecule has 0 radical (unpaired) electrons. The lowest BCUT2D eigenvalue weighted by Crippen LogP contribution is -2.48. The summed E-state index contributed by atoms with van der Waals surface area (Å²) in [6.45, 7) is 10.1. The van der Waals surface area contributed by atoms with Crippen molar-refractivity contribution in [3.05, 3.63) is 35.9 Å². The maximum Gasteiger partial charge on any atom is 0.408 e. The summed E-state index contributed by atoms with van der Waals surface area (Å²) < 4.78 is 5.20. The van der Waals surface area contributed by atoms with Crippen LogP contribution in [0.5, 0.6) is 0 Å². The van der Waals surface area contributed by atoms with E-state index in [1.807, 2.05) is 37.3 Å². The highest BCUT2D eigenvalue weighted by atomic mass is 16.6. The summed E-state index contributed by atoms with van der Waals surface area (Å²) in [5, 5.41) is 5.46. The van der Waals surface area contributed by atoms with Gasteiger partial charge in [-0.1, -0.05) is 57.0 Å². The molecule has 30 heavy (non-hydrogen) atoms. The number of nitrogens with zero attached hydrogens (tertiary/aromatic N) is 1. The largest absolute Gasteiger partial charge is 0.444 e. The molecule has 1 aromatic rings. The molecular weight excluding hydrogens is 382 g/mol. The molecule has 7 heteroatoms. The summed E-state index contributed by atoms with van der Waals surface area (Å²) in [6, 6.07) is 8.50. The Hall–Kier alpha value is -2.57. The maximum atomic E-state index is 13.0. The van der Waals surface area contributed by atoms with Crippen molar-refractivity contribution in [1.82, 2.24) is 15.5 Å². The number of hydrogen-bond donors (Lipinski definition) is 2. The molecule has 0 saturated carbocycles. The van der Waals surface area contributed by atoms with Crippen molar-refractivity contribution in [1.29, 1.82) is 0 Å². The van der Waals surface area contributed by atoms with Crippen LogP contribution in [0.3, 0.4) is 0 Å². The van der Waals surface area contributed by atoms with Crippen LogP contribution in [0.1, 0.15) is 71.9 Å². The van der Waals surface area contributed by atoms with Crippen molar-refractivity contribution in [2.75, 3.05) is 19.6 Å². The molecule has 1 atom stereocenters. The number of amides is 3. The van der Waals surface area contributed by atoms with Crippen LogP contribution in [-0.4, -0.2) is 48.0 Å². The molecule has 0 saturated heterocycles. The number of hydrogen-bond acceptors (Lipinski definition) is 4. The summed E-state index contributed by atoms with van der Waals surface area (Å²) in [6.07, 6.45) is 3.02. The number of unbranched alkanes of at least 4 members (excludes halogenated alkanes) is 2. The van der Waals surface area contributed by atoms with Crippen LogP contribution in [0.15, 0.2) is 30.3 Å². The topological polar surface area (TPSA) is 87.7 Å². The molecule has 7 nitrogen and oxygen atoms in total. The smallest absolute Gasteiger partial charge is 0.408 e. The fourth-order valence-corrected chi connectivity index (χ4v) is 2.99. The predicted octanol–water partition coefficient (Wildman–Crippen LogP) is 3.80. The average Bonchev–Trinajstić information content (AvgIpc) is 2.68. The van der Waals surface area contributed by atoms with Gasteiger partial charge in [0.25, 0.3) is 0 Å². The average molecular weight is 420 g/mol. The Morgan fingerprint density at radius 1 is 1.00 bits per heavy atom. The second-order valence-electron chi connectivity index (χ2n) is 8.25. The fourth-order valence-electron chi connectivity index (χ4n) is 2.99. The standard InChI is InChI=1S/C23H37N3O4/c1-6-8-12-15-24-21(28)20(18-13-10-9-11-14-18)26(16-7-2)19(27)17-25-22(29)30-23(3,4)5/h9-11,13-14,20H,6-8,12,15-17H2,1-5H3,(H,24,28)(H,25,29). The molecule has 0 aliphatic heterocycles. The lowest BCUT2D eigenvalue weighted by Gasteiger charge is -2.31. The molecule has 3 amide bonds. The number of ether oxygens (including phenoxy) is 1. The van der Waals surface area contributed by atoms with Crippen molar-refractivity contribution in [3.8, 4) is 0 Å². The molecule has 0 aromatic heterocycles. The zero-order chi connectivity index (χ0) is 22.6. The van der Waals surface area contributed by atoms with Gasteiger partial charge in [-0.3, -0.25) is 9.59 Å². The summed E-state index contributed by atoms with van der Waals surface area (Å²) in [7, 11) is 0. The Labute approximate surface area is 180 Å². The number of nitrogens with one attached hydrogen (secondary N) is 2. The lowest BCUT2D eigenvalue weighted by atomic mass is 10.0. The molecule has 0 aliphatic carbocycles. The van der Waals surface area contributed by atoms with Gasteiger partial charge in [0.2, 0.25) is 11.8 Å². The van der Waals surface area contributed by atoms with E-state index in [9.17, 15) is 14.4 Å². The summed E-state index contributed by atoms with van der Waals surface area (Å²) in [5.74, 6) is -0.545. The Balaban J connectivity index is 2.96. The first-order chi connectivity index (χ1) is 14.2. The van der Waals surface area contributed by atoms with Gasteiger partial charge < -0.3 is 20.3 Å². The molecule has 168 valence electrons. The van der Waals surface area contributed by atoms with Gasteiger partial charge in [-0.25, -0.2) is 4.79 Å². The fraction of sp³-hybridized carbons (Fsp3) is 0.609. The molecule has 1 aromatic carbocycles. The van der Waals surface area contributed by atoms with Crippen molar-refractivity contribution >= 4 is 17.9 Å². The Bertz CT molecular complexity index is 671. The van der Waals surface area contributed by atoms with E-state index in [4.69, 9.17) is 4.74 Å². The predicted molar refractivity (Wildman–Crippen MR) is 118 cm³/mol. The third kappa shape index (κ3) is 9.29. The number of carbonyl (C=O) groups excluding carboxylic acids is 3. The molecule has 2 N–H and O–H groups in total. The molecule has 0 aliphatic rings. The molecule has 0 heterocycles. The van der Waals surface area contributed by atoms with Crippen molar-refractivity contribution in [3.63, 3.8) is 0 Å². The first-order valence-electron chi connectivity index (χ1n) is 10.8. The highest BCUT2D eigenvalue weighted by molar-refractivity contribution is 5.90. The van der Waals surface area contributed by atoms with E-state index in [2.05, 4.69) is 17.6 Å². The van der Waals surface area contributed by atoms with Crippen LogP contribution in [-0.2, 0) is 14.3 Å². The van der Waals surface area contributed by atoms with E-state index in [0.717, 1.165) is 24.8 Å². The Morgan fingerprint density at radius 3 is 2.23 bits per heavy atom. The molecule has 0 bridgehead atoms. The minimum absolute atomic E-state index is 0.212. The normalized spacial score (nSPS) is 12.0. The third-order valence-corrected chi connectivity index (χ3v) is 4.32. The van der Waals surface area contributed by atoms with E-state index in [0.29, 0.717) is 19.5 Å². The van der Waals surface area contributed by atoms with Crippen molar-refractivity contribution in [2.24, 2.45) is 0 Å². The zero-order valence-electron chi connectivity index (χ0n) is 19.0. The minimum atomic E-state index is -0.749. The van der Waals surface area contributed by atoms with Crippen LogP contribution in [0, 0.1) is 0 Å². The molecule has 1 rings (SSSR count). The van der Waals surface area contributed by atoms with Crippen molar-refractivity contribution in [2.45, 2.75) is 71.9 Å². The molecular formula is C23H37N3O4. The molecule has 1 unspecified atom stereocenters. The van der Waals surface area contributed by atoms with Crippen molar-refractivity contribution < 1.29 is 19.1 Å². The van der Waals surface area contributed by atoms with Crippen LogP contribution >= 0.6 is 0 Å². The van der Waals surface area contributed by atoms with Crippen LogP contribution in [0.25, 0.3) is 0 Å². The lowest BCUT2D eigenvalue weighted by molar-refractivity contribution is -0.140. The van der Waals surface area contributed by atoms with Gasteiger partial charge >= 0.3 is 6.09 Å². The molecule has 0 fully saturated rings. The monoisotopic (exact) mass is 419 g/mol. The quantitative estimate of drug-likeness (QED) is 0.534. The highest BCUT2D eigenvalue weighted by Crippen LogP contribution is 2.22. The Morgan fingerprint density at radius 2 is 1.67 bits per heavy atom. The summed E-state index contributed by atoms with van der Waals surface area (Å²) in [5.41, 5.74) is 0.0887. The SMILES string of the molecule is CCCCCNC(=O)C(c1ccccc1)N(CCC)C(=O)CNC(=O)OC(C)(C)C. The Kier molecular flexibility index (Phi) is 10.9. The van der Waals surface area contributed by atoms with Gasteiger partial charge in [-0.15, -0.1) is 0 Å². The number of rotatable bonds is 11. The van der Waals surface area contributed by atoms with E-state index >= 15 is 0 Å². The second kappa shape index (κ2) is 12.9. The van der Waals surface area contributed by atoms with E-state index in [1.165, 1.54) is 4.90 Å². The van der Waals surface area contributed by atoms with Gasteiger partial charge in [0, 0.05) is 13.1 Å². The number of benzene rings is 1. The first-order valence-corrected chi connectivity index (χ1v) is 10.8. The summed E-state index contributed by atoms with van der Waals surface area (Å²) >= 11 is 0. The molecule has 0 spiro atoms. The number of carbonyl (C=O) groups is 3.